The van der Waals surface area contributed by atoms with Crippen molar-refractivity contribution in [2.45, 2.75) is 31.6 Å². The van der Waals surface area contributed by atoms with Crippen LogP contribution in [0.15, 0.2) is 101 Å². The Morgan fingerprint density at radius 1 is 0.895 bits per heavy atom. The summed E-state index contributed by atoms with van der Waals surface area (Å²) >= 11 is 12.4. The first kappa shape index (κ1) is 26.1. The van der Waals surface area contributed by atoms with Gasteiger partial charge in [-0.05, 0) is 66.8 Å². The fraction of sp³-hybridized carbons (Fsp3) is 0.226. The second kappa shape index (κ2) is 11.5. The van der Waals surface area contributed by atoms with Crippen molar-refractivity contribution in [1.82, 2.24) is 5.32 Å². The van der Waals surface area contributed by atoms with Gasteiger partial charge in [0.15, 0.2) is 5.78 Å². The second-order valence-electron chi connectivity index (χ2n) is 9.42. The van der Waals surface area contributed by atoms with Crippen molar-refractivity contribution in [2.75, 3.05) is 13.2 Å². The minimum Gasteiger partial charge on any atom is -0.490 e. The standard InChI is InChI=1S/C31H27Cl2NO4/c1-19-28(31(36)38-15-14-37-25-8-3-2-4-9-25)29(21-6-5-7-24(33)16-21)30-26(34-19)17-22(18-27(30)35)20-10-12-23(32)13-11-20/h2-13,16,22,29,34H,14-15,17-18H2,1H3/t22-,29+/m0/s1. The molecule has 2 atom stereocenters. The van der Waals surface area contributed by atoms with E-state index in [9.17, 15) is 9.59 Å². The fourth-order valence-electron chi connectivity index (χ4n) is 5.19. The van der Waals surface area contributed by atoms with Gasteiger partial charge in [-0.25, -0.2) is 4.79 Å². The zero-order chi connectivity index (χ0) is 26.6. The Balaban J connectivity index is 1.41. The molecule has 0 spiro atoms. The maximum atomic E-state index is 13.7. The van der Waals surface area contributed by atoms with Crippen LogP contribution in [-0.4, -0.2) is 25.0 Å². The van der Waals surface area contributed by atoms with Gasteiger partial charge < -0.3 is 14.8 Å². The Bertz CT molecular complexity index is 1410. The van der Waals surface area contributed by atoms with E-state index in [0.717, 1.165) is 16.8 Å². The third-order valence-corrected chi connectivity index (χ3v) is 7.39. The van der Waals surface area contributed by atoms with Crippen molar-refractivity contribution in [1.29, 1.82) is 0 Å². The van der Waals surface area contributed by atoms with Crippen molar-refractivity contribution >= 4 is 35.0 Å². The van der Waals surface area contributed by atoms with Crippen LogP contribution < -0.4 is 10.1 Å². The Kier molecular flexibility index (Phi) is 7.87. The van der Waals surface area contributed by atoms with Gasteiger partial charge >= 0.3 is 5.97 Å². The molecule has 3 aromatic rings. The summed E-state index contributed by atoms with van der Waals surface area (Å²) in [6.45, 7) is 2.13. The van der Waals surface area contributed by atoms with Crippen LogP contribution in [0.2, 0.25) is 10.0 Å². The van der Waals surface area contributed by atoms with Crippen LogP contribution in [0.3, 0.4) is 0 Å². The molecule has 0 saturated carbocycles. The lowest BCUT2D eigenvalue weighted by atomic mass is 9.72. The number of dihydropyridines is 1. The van der Waals surface area contributed by atoms with E-state index in [1.807, 2.05) is 73.7 Å². The van der Waals surface area contributed by atoms with Gasteiger partial charge in [-0.3, -0.25) is 4.79 Å². The van der Waals surface area contributed by atoms with E-state index < -0.39 is 11.9 Å². The smallest absolute Gasteiger partial charge is 0.336 e. The van der Waals surface area contributed by atoms with Crippen LogP contribution >= 0.6 is 23.2 Å². The van der Waals surface area contributed by atoms with Crippen molar-refractivity contribution in [3.63, 3.8) is 0 Å². The highest BCUT2D eigenvalue weighted by Crippen LogP contribution is 2.46. The Morgan fingerprint density at radius 3 is 2.39 bits per heavy atom. The SMILES string of the molecule is CC1=C(C(=O)OCCOc2ccccc2)[C@@H](c2cccc(Cl)c2)C2=C(C[C@H](c3ccc(Cl)cc3)CC2=O)N1. The number of allylic oxidation sites excluding steroid dienone is 3. The summed E-state index contributed by atoms with van der Waals surface area (Å²) in [6, 6.07) is 24.3. The minimum absolute atomic E-state index is 0.00566. The molecule has 194 valence electrons. The largest absolute Gasteiger partial charge is 0.490 e. The molecule has 0 unspecified atom stereocenters. The van der Waals surface area contributed by atoms with Gasteiger partial charge in [-0.2, -0.15) is 0 Å². The number of ether oxygens (including phenoxy) is 2. The average molecular weight is 548 g/mol. The molecular weight excluding hydrogens is 521 g/mol. The van der Waals surface area contributed by atoms with E-state index in [1.165, 1.54) is 0 Å². The van der Waals surface area contributed by atoms with Gasteiger partial charge in [-0.15, -0.1) is 0 Å². The second-order valence-corrected chi connectivity index (χ2v) is 10.3. The van der Waals surface area contributed by atoms with Gasteiger partial charge in [-0.1, -0.05) is 65.7 Å². The number of hydrogen-bond acceptors (Lipinski definition) is 5. The van der Waals surface area contributed by atoms with Crippen molar-refractivity contribution < 1.29 is 19.1 Å². The highest BCUT2D eigenvalue weighted by Gasteiger charge is 2.41. The highest BCUT2D eigenvalue weighted by molar-refractivity contribution is 6.30. The number of para-hydroxylation sites is 1. The van der Waals surface area contributed by atoms with E-state index in [0.29, 0.717) is 45.5 Å². The fourth-order valence-corrected chi connectivity index (χ4v) is 5.51. The number of carbonyl (C=O) groups is 2. The van der Waals surface area contributed by atoms with Crippen LogP contribution in [0.25, 0.3) is 0 Å². The molecular formula is C31H27Cl2NO4. The number of hydrogen-bond donors (Lipinski definition) is 1. The predicted molar refractivity (Wildman–Crippen MR) is 148 cm³/mol. The number of benzene rings is 3. The lowest BCUT2D eigenvalue weighted by Gasteiger charge is -2.36. The first-order valence-electron chi connectivity index (χ1n) is 12.5. The van der Waals surface area contributed by atoms with Crippen LogP contribution in [-0.2, 0) is 14.3 Å². The number of ketones is 1. The van der Waals surface area contributed by atoms with Crippen LogP contribution in [0.5, 0.6) is 5.75 Å². The van der Waals surface area contributed by atoms with Gasteiger partial charge in [0.1, 0.15) is 19.0 Å². The van der Waals surface area contributed by atoms with Gasteiger partial charge in [0.05, 0.1) is 5.57 Å². The zero-order valence-corrected chi connectivity index (χ0v) is 22.4. The summed E-state index contributed by atoms with van der Waals surface area (Å²) in [5.74, 6) is -0.355. The molecule has 0 amide bonds. The van der Waals surface area contributed by atoms with Gasteiger partial charge in [0.25, 0.3) is 0 Å². The lowest BCUT2D eigenvalue weighted by Crippen LogP contribution is -2.36. The molecule has 38 heavy (non-hydrogen) atoms. The van der Waals surface area contributed by atoms with Gasteiger partial charge in [0, 0.05) is 39.4 Å². The predicted octanol–water partition coefficient (Wildman–Crippen LogP) is 6.98. The molecule has 1 aliphatic carbocycles. The summed E-state index contributed by atoms with van der Waals surface area (Å²) in [5, 5.41) is 4.56. The number of rotatable bonds is 7. The number of esters is 1. The van der Waals surface area contributed by atoms with Crippen molar-refractivity contribution in [3.05, 3.63) is 123 Å². The number of halogens is 2. The molecule has 0 saturated heterocycles. The Hall–Kier alpha value is -3.54. The first-order chi connectivity index (χ1) is 18.4. The number of nitrogens with one attached hydrogen (secondary N) is 1. The summed E-state index contributed by atoms with van der Waals surface area (Å²) < 4.78 is 11.3. The van der Waals surface area contributed by atoms with Crippen LogP contribution in [0, 0.1) is 0 Å². The number of carbonyl (C=O) groups excluding carboxylic acids is 2. The summed E-state index contributed by atoms with van der Waals surface area (Å²) in [6.07, 6.45) is 0.982. The molecule has 3 aromatic carbocycles. The maximum absolute atomic E-state index is 13.7. The quantitative estimate of drug-likeness (QED) is 0.255. The Morgan fingerprint density at radius 2 is 1.66 bits per heavy atom. The third kappa shape index (κ3) is 5.64. The van der Waals surface area contributed by atoms with Crippen LogP contribution in [0.4, 0.5) is 0 Å². The van der Waals surface area contributed by atoms with E-state index in [-0.39, 0.29) is 24.9 Å². The molecule has 1 heterocycles. The molecule has 2 aliphatic rings. The molecule has 0 bridgehead atoms. The van der Waals surface area contributed by atoms with E-state index in [2.05, 4.69) is 5.32 Å². The topological polar surface area (TPSA) is 64.6 Å². The Labute approximate surface area is 232 Å². The maximum Gasteiger partial charge on any atom is 0.336 e. The summed E-state index contributed by atoms with van der Waals surface area (Å²) in [7, 11) is 0. The minimum atomic E-state index is -0.578. The van der Waals surface area contributed by atoms with E-state index in [4.69, 9.17) is 32.7 Å². The molecule has 5 nitrogen and oxygen atoms in total. The molecule has 5 rings (SSSR count). The number of Topliss-reactive ketones (excluding diaryl/α,β-unsaturated/α-hetero) is 1. The summed E-state index contributed by atoms with van der Waals surface area (Å²) in [5.41, 5.74) is 4.32. The van der Waals surface area contributed by atoms with Crippen LogP contribution in [0.1, 0.15) is 42.7 Å². The van der Waals surface area contributed by atoms with Crippen molar-refractivity contribution in [3.8, 4) is 5.75 Å². The molecule has 0 fully saturated rings. The lowest BCUT2D eigenvalue weighted by molar-refractivity contribution is -0.140. The molecule has 0 radical (unpaired) electrons. The third-order valence-electron chi connectivity index (χ3n) is 6.90. The monoisotopic (exact) mass is 547 g/mol. The highest BCUT2D eigenvalue weighted by atomic mass is 35.5. The van der Waals surface area contributed by atoms with E-state index >= 15 is 0 Å². The molecule has 0 aromatic heterocycles. The molecule has 1 aliphatic heterocycles. The van der Waals surface area contributed by atoms with Crippen molar-refractivity contribution in [2.24, 2.45) is 0 Å². The summed E-state index contributed by atoms with van der Waals surface area (Å²) in [4.78, 5) is 27.1. The molecule has 7 heteroatoms. The molecule has 1 N–H and O–H groups in total. The first-order valence-corrected chi connectivity index (χ1v) is 13.3. The van der Waals surface area contributed by atoms with Gasteiger partial charge in [0.2, 0.25) is 0 Å². The average Bonchev–Trinajstić information content (AvgIpc) is 2.91. The zero-order valence-electron chi connectivity index (χ0n) is 20.9. The van der Waals surface area contributed by atoms with E-state index in [1.54, 1.807) is 12.1 Å². The normalized spacial score (nSPS) is 19.1.